The van der Waals surface area contributed by atoms with E-state index in [1.54, 1.807) is 44.4 Å². The highest BCUT2D eigenvalue weighted by atomic mass is 16.5. The minimum atomic E-state index is -1.36. The van der Waals surface area contributed by atoms with Gasteiger partial charge in [0.25, 0.3) is 0 Å². The molecular formula is C30H34N2O6. The topological polar surface area (TPSA) is 114 Å². The van der Waals surface area contributed by atoms with Gasteiger partial charge in [0.05, 0.1) is 26.5 Å². The molecule has 0 aliphatic heterocycles. The van der Waals surface area contributed by atoms with E-state index in [0.29, 0.717) is 34.2 Å². The summed E-state index contributed by atoms with van der Waals surface area (Å²) in [5, 5.41) is 21.4. The van der Waals surface area contributed by atoms with Crippen LogP contribution in [0.3, 0.4) is 0 Å². The van der Waals surface area contributed by atoms with E-state index in [1.165, 1.54) is 7.11 Å². The molecule has 0 bridgehead atoms. The van der Waals surface area contributed by atoms with Gasteiger partial charge in [-0.15, -0.1) is 0 Å². The van der Waals surface area contributed by atoms with Crippen molar-refractivity contribution in [3.8, 4) is 28.5 Å². The Morgan fingerprint density at radius 3 is 2.47 bits per heavy atom. The molecular weight excluding hydrogens is 484 g/mol. The standard InChI is InChI=1S/C30H34N2O6/c1-18-7-6-8-21-27(19(2)31-28(18)21)29-24(36-4)11-12-26(32-29)30(3,35)14-13-22(34)20-9-10-23(38-16-15-33)25(17-20)37-5/h6-12,17,31,33,35H,13-16H2,1-5H3/t30-/m0/s1. The molecule has 0 saturated carbocycles. The average Bonchev–Trinajstić information content (AvgIpc) is 3.26. The Labute approximate surface area is 222 Å². The van der Waals surface area contributed by atoms with E-state index >= 15 is 0 Å². The highest BCUT2D eigenvalue weighted by Gasteiger charge is 2.28. The number of aliphatic hydroxyl groups is 2. The number of hydrogen-bond acceptors (Lipinski definition) is 7. The van der Waals surface area contributed by atoms with Crippen LogP contribution in [0.15, 0.2) is 48.5 Å². The van der Waals surface area contributed by atoms with Crippen LogP contribution >= 0.6 is 0 Å². The molecule has 8 heteroatoms. The van der Waals surface area contributed by atoms with Gasteiger partial charge < -0.3 is 29.4 Å². The largest absolute Gasteiger partial charge is 0.494 e. The number of ketones is 1. The van der Waals surface area contributed by atoms with Gasteiger partial charge in [0, 0.05) is 34.1 Å². The lowest BCUT2D eigenvalue weighted by atomic mass is 9.92. The van der Waals surface area contributed by atoms with Crippen LogP contribution in [0.25, 0.3) is 22.2 Å². The summed E-state index contributed by atoms with van der Waals surface area (Å²) < 4.78 is 16.4. The number of benzene rings is 2. The van der Waals surface area contributed by atoms with Crippen molar-refractivity contribution >= 4 is 16.7 Å². The van der Waals surface area contributed by atoms with Gasteiger partial charge in [-0.25, -0.2) is 4.98 Å². The lowest BCUT2D eigenvalue weighted by molar-refractivity contribution is 0.0397. The fourth-order valence-electron chi connectivity index (χ4n) is 4.63. The summed E-state index contributed by atoms with van der Waals surface area (Å²) in [5.74, 6) is 1.31. The first-order valence-electron chi connectivity index (χ1n) is 12.5. The Hall–Kier alpha value is -3.88. The number of aryl methyl sites for hydroxylation is 2. The highest BCUT2D eigenvalue weighted by Crippen LogP contribution is 2.39. The first kappa shape index (κ1) is 27.2. The molecule has 2 heterocycles. The lowest BCUT2D eigenvalue weighted by Crippen LogP contribution is -2.24. The molecule has 0 radical (unpaired) electrons. The zero-order chi connectivity index (χ0) is 27.4. The zero-order valence-electron chi connectivity index (χ0n) is 22.4. The molecule has 8 nitrogen and oxygen atoms in total. The fourth-order valence-corrected chi connectivity index (χ4v) is 4.63. The number of carbonyl (C=O) groups excluding carboxylic acids is 1. The van der Waals surface area contributed by atoms with Gasteiger partial charge in [0.1, 0.15) is 23.7 Å². The summed E-state index contributed by atoms with van der Waals surface area (Å²) in [6.07, 6.45) is 0.267. The summed E-state index contributed by atoms with van der Waals surface area (Å²) in [4.78, 5) is 21.3. The molecule has 0 spiro atoms. The number of para-hydroxylation sites is 1. The lowest BCUT2D eigenvalue weighted by Gasteiger charge is -2.24. The molecule has 4 rings (SSSR count). The van der Waals surface area contributed by atoms with E-state index in [1.807, 2.05) is 19.1 Å². The molecule has 0 saturated heterocycles. The second-order valence-corrected chi connectivity index (χ2v) is 9.50. The maximum Gasteiger partial charge on any atom is 0.163 e. The van der Waals surface area contributed by atoms with Crippen LogP contribution in [0.1, 0.15) is 47.1 Å². The third kappa shape index (κ3) is 5.37. The number of H-pyrrole nitrogens is 1. The number of nitrogens with one attached hydrogen (secondary N) is 1. The SMILES string of the molecule is COc1cc(C(=O)CC[C@](C)(O)c2ccc(OC)c(-c3c(C)[nH]c4c(C)cccc34)n2)ccc1OCCO. The number of methoxy groups -OCH3 is 2. The van der Waals surface area contributed by atoms with Gasteiger partial charge in [-0.2, -0.15) is 0 Å². The smallest absolute Gasteiger partial charge is 0.163 e. The fraction of sp³-hybridized carbons (Fsp3) is 0.333. The summed E-state index contributed by atoms with van der Waals surface area (Å²) >= 11 is 0. The summed E-state index contributed by atoms with van der Waals surface area (Å²) in [5.41, 5.74) is 4.21. The van der Waals surface area contributed by atoms with E-state index in [9.17, 15) is 9.90 Å². The van der Waals surface area contributed by atoms with Crippen LogP contribution in [0.4, 0.5) is 0 Å². The van der Waals surface area contributed by atoms with Crippen LogP contribution in [0, 0.1) is 13.8 Å². The van der Waals surface area contributed by atoms with Crippen molar-refractivity contribution in [2.24, 2.45) is 0 Å². The molecule has 0 aliphatic rings. The number of aromatic nitrogens is 2. The Bertz CT molecular complexity index is 1460. The van der Waals surface area contributed by atoms with E-state index in [2.05, 4.69) is 18.0 Å². The zero-order valence-corrected chi connectivity index (χ0v) is 22.4. The van der Waals surface area contributed by atoms with Crippen LogP contribution in [0.5, 0.6) is 17.2 Å². The second kappa shape index (κ2) is 11.2. The van der Waals surface area contributed by atoms with Crippen molar-refractivity contribution in [3.63, 3.8) is 0 Å². The van der Waals surface area contributed by atoms with Crippen LogP contribution < -0.4 is 14.2 Å². The number of rotatable bonds is 11. The molecule has 2 aromatic carbocycles. The van der Waals surface area contributed by atoms with Crippen LogP contribution in [0.2, 0.25) is 0 Å². The van der Waals surface area contributed by atoms with Crippen LogP contribution in [-0.2, 0) is 5.60 Å². The molecule has 2 aromatic heterocycles. The molecule has 4 aromatic rings. The van der Waals surface area contributed by atoms with Crippen molar-refractivity contribution in [3.05, 3.63) is 71.0 Å². The average molecular weight is 519 g/mol. The van der Waals surface area contributed by atoms with Crippen molar-refractivity contribution in [2.45, 2.75) is 39.2 Å². The summed E-state index contributed by atoms with van der Waals surface area (Å²) in [6, 6.07) is 14.5. The number of fused-ring (bicyclic) bond motifs is 1. The number of nitrogens with zero attached hydrogens (tertiary/aromatic N) is 1. The molecule has 200 valence electrons. The van der Waals surface area contributed by atoms with Gasteiger partial charge in [-0.3, -0.25) is 4.79 Å². The van der Waals surface area contributed by atoms with Crippen molar-refractivity contribution < 1.29 is 29.2 Å². The third-order valence-corrected chi connectivity index (χ3v) is 6.77. The van der Waals surface area contributed by atoms with Gasteiger partial charge >= 0.3 is 0 Å². The molecule has 38 heavy (non-hydrogen) atoms. The van der Waals surface area contributed by atoms with Gasteiger partial charge in [-0.05, 0) is 63.1 Å². The highest BCUT2D eigenvalue weighted by molar-refractivity contribution is 5.99. The van der Waals surface area contributed by atoms with Crippen molar-refractivity contribution in [1.82, 2.24) is 9.97 Å². The number of aromatic amines is 1. The maximum atomic E-state index is 13.0. The maximum absolute atomic E-state index is 13.0. The number of pyridine rings is 1. The monoisotopic (exact) mass is 518 g/mol. The third-order valence-electron chi connectivity index (χ3n) is 6.77. The number of aliphatic hydroxyl groups excluding tert-OH is 1. The molecule has 0 amide bonds. The molecule has 0 fully saturated rings. The Balaban J connectivity index is 1.60. The first-order chi connectivity index (χ1) is 18.2. The Morgan fingerprint density at radius 1 is 1.03 bits per heavy atom. The van der Waals surface area contributed by atoms with Gasteiger partial charge in [-0.1, -0.05) is 18.2 Å². The molecule has 0 aliphatic carbocycles. The summed E-state index contributed by atoms with van der Waals surface area (Å²) in [7, 11) is 3.09. The number of ether oxygens (including phenoxy) is 3. The second-order valence-electron chi connectivity index (χ2n) is 9.50. The number of hydrogen-bond donors (Lipinski definition) is 3. The summed E-state index contributed by atoms with van der Waals surface area (Å²) in [6.45, 7) is 5.71. The Morgan fingerprint density at radius 2 is 1.76 bits per heavy atom. The molecule has 3 N–H and O–H groups in total. The molecule has 1 atom stereocenters. The predicted molar refractivity (Wildman–Crippen MR) is 146 cm³/mol. The van der Waals surface area contributed by atoms with Gasteiger partial charge in [0.15, 0.2) is 17.3 Å². The minimum Gasteiger partial charge on any atom is -0.494 e. The minimum absolute atomic E-state index is 0.0986. The van der Waals surface area contributed by atoms with Gasteiger partial charge in [0.2, 0.25) is 0 Å². The molecule has 0 unspecified atom stereocenters. The van der Waals surface area contributed by atoms with E-state index in [0.717, 1.165) is 27.7 Å². The van der Waals surface area contributed by atoms with E-state index in [-0.39, 0.29) is 31.8 Å². The Kier molecular flexibility index (Phi) is 8.04. The quantitative estimate of drug-likeness (QED) is 0.237. The van der Waals surface area contributed by atoms with E-state index in [4.69, 9.17) is 24.3 Å². The number of Topliss-reactive ketones (excluding diaryl/α,β-unsaturated/α-hetero) is 1. The number of carbonyl (C=O) groups is 1. The van der Waals surface area contributed by atoms with Crippen LogP contribution in [-0.4, -0.2) is 53.4 Å². The van der Waals surface area contributed by atoms with Crippen molar-refractivity contribution in [2.75, 3.05) is 27.4 Å². The predicted octanol–water partition coefficient (Wildman–Crippen LogP) is 5.11. The normalized spacial score (nSPS) is 12.8. The van der Waals surface area contributed by atoms with E-state index < -0.39 is 5.60 Å². The van der Waals surface area contributed by atoms with Crippen molar-refractivity contribution in [1.29, 1.82) is 0 Å². The first-order valence-corrected chi connectivity index (χ1v) is 12.5.